The lowest BCUT2D eigenvalue weighted by atomic mass is 10.5. The standard InChI is InChI=1S/C8H8Cl2NO2P/c1-13-8(12)7(14(9)10)11-5-3-2-4-6-11/h2-6H,1H3/p+1/b8-7-. The molecule has 14 heavy (non-hydrogen) atoms. The van der Waals surface area contributed by atoms with E-state index in [1.54, 1.807) is 29.1 Å². The van der Waals surface area contributed by atoms with Gasteiger partial charge in [-0.25, -0.2) is 0 Å². The van der Waals surface area contributed by atoms with Crippen molar-refractivity contribution in [3.8, 4) is 0 Å². The van der Waals surface area contributed by atoms with E-state index in [0.29, 0.717) is 5.44 Å². The Bertz CT molecular complexity index is 329. The molecule has 0 aliphatic heterocycles. The van der Waals surface area contributed by atoms with Crippen molar-refractivity contribution in [1.82, 2.24) is 0 Å². The average molecular weight is 253 g/mol. The molecule has 0 radical (unpaired) electrons. The summed E-state index contributed by atoms with van der Waals surface area (Å²) in [6, 6.07) is 5.45. The number of hydrogen-bond donors (Lipinski definition) is 1. The van der Waals surface area contributed by atoms with Crippen LogP contribution in [0.25, 0.3) is 5.44 Å². The fourth-order valence-corrected chi connectivity index (χ4v) is 2.40. The van der Waals surface area contributed by atoms with Gasteiger partial charge in [0.15, 0.2) is 19.0 Å². The van der Waals surface area contributed by atoms with E-state index in [1.165, 1.54) is 7.11 Å². The minimum Gasteiger partial charge on any atom is -0.476 e. The van der Waals surface area contributed by atoms with Gasteiger partial charge in [0.2, 0.25) is 0 Å². The summed E-state index contributed by atoms with van der Waals surface area (Å²) in [6.07, 6.45) is 3.45. The number of aliphatic hydroxyl groups excluding tert-OH is 1. The summed E-state index contributed by atoms with van der Waals surface area (Å²) < 4.78 is 6.31. The van der Waals surface area contributed by atoms with Crippen LogP contribution < -0.4 is 4.57 Å². The molecule has 0 bridgehead atoms. The minimum atomic E-state index is -1.47. The maximum Gasteiger partial charge on any atom is 0.355 e. The van der Waals surface area contributed by atoms with Gasteiger partial charge < -0.3 is 9.84 Å². The van der Waals surface area contributed by atoms with Gasteiger partial charge in [-0.05, 0) is 0 Å². The normalized spacial score (nSPS) is 12.6. The molecule has 3 nitrogen and oxygen atoms in total. The van der Waals surface area contributed by atoms with Crippen LogP contribution >= 0.6 is 29.1 Å². The van der Waals surface area contributed by atoms with Crippen LogP contribution in [0.1, 0.15) is 0 Å². The maximum atomic E-state index is 9.43. The fourth-order valence-electron chi connectivity index (χ4n) is 0.901. The number of halogens is 2. The highest BCUT2D eigenvalue weighted by atomic mass is 35.9. The Morgan fingerprint density at radius 2 is 1.86 bits per heavy atom. The lowest BCUT2D eigenvalue weighted by Crippen LogP contribution is -2.30. The molecular weight excluding hydrogens is 244 g/mol. The first-order valence-electron chi connectivity index (χ1n) is 3.72. The van der Waals surface area contributed by atoms with E-state index >= 15 is 0 Å². The molecule has 1 heterocycles. The van der Waals surface area contributed by atoms with Gasteiger partial charge in [0.05, 0.1) is 7.11 Å². The van der Waals surface area contributed by atoms with Crippen molar-refractivity contribution in [3.05, 3.63) is 36.5 Å². The van der Waals surface area contributed by atoms with Crippen molar-refractivity contribution < 1.29 is 14.4 Å². The molecule has 0 unspecified atom stereocenters. The Morgan fingerprint density at radius 3 is 2.29 bits per heavy atom. The SMILES string of the molecule is CO/C(O)=C(/[n+]1ccccc1)P(Cl)Cl. The van der Waals surface area contributed by atoms with Crippen LogP contribution in [0.2, 0.25) is 0 Å². The second-order valence-corrected chi connectivity index (χ2v) is 5.79. The Kier molecular flexibility index (Phi) is 4.46. The molecule has 0 aliphatic rings. The lowest BCUT2D eigenvalue weighted by molar-refractivity contribution is -0.576. The second-order valence-electron chi connectivity index (χ2n) is 2.35. The number of nitrogens with zero attached hydrogens (tertiary/aromatic N) is 1. The fraction of sp³-hybridized carbons (Fsp3) is 0.125. The first-order valence-corrected chi connectivity index (χ1v) is 6.87. The van der Waals surface area contributed by atoms with E-state index in [9.17, 15) is 5.11 Å². The number of hydrogen-bond acceptors (Lipinski definition) is 2. The highest BCUT2D eigenvalue weighted by molar-refractivity contribution is 8.10. The third-order valence-corrected chi connectivity index (χ3v) is 3.21. The molecule has 0 spiro atoms. The molecule has 0 aliphatic carbocycles. The molecule has 0 amide bonds. The van der Waals surface area contributed by atoms with Gasteiger partial charge in [-0.2, -0.15) is 4.57 Å². The van der Waals surface area contributed by atoms with Crippen molar-refractivity contribution >= 4 is 34.5 Å². The van der Waals surface area contributed by atoms with E-state index < -0.39 is 6.63 Å². The van der Waals surface area contributed by atoms with Crippen LogP contribution in [0.15, 0.2) is 36.5 Å². The average Bonchev–Trinajstić information content (AvgIpc) is 2.19. The Morgan fingerprint density at radius 1 is 1.29 bits per heavy atom. The monoisotopic (exact) mass is 252 g/mol. The zero-order chi connectivity index (χ0) is 10.6. The summed E-state index contributed by atoms with van der Waals surface area (Å²) in [5.74, 6) is -0.266. The van der Waals surface area contributed by atoms with Crippen molar-refractivity contribution in [3.63, 3.8) is 0 Å². The number of ether oxygens (including phenoxy) is 1. The highest BCUT2D eigenvalue weighted by Gasteiger charge is 2.25. The summed E-state index contributed by atoms with van der Waals surface area (Å²) in [6.45, 7) is -1.47. The Balaban J connectivity index is 3.14. The molecule has 0 atom stereocenters. The number of aromatic nitrogens is 1. The first-order chi connectivity index (χ1) is 6.66. The Hall–Kier alpha value is -0.500. The van der Waals surface area contributed by atoms with Gasteiger partial charge in [0, 0.05) is 12.1 Å². The van der Waals surface area contributed by atoms with Gasteiger partial charge in [-0.1, -0.05) is 28.5 Å². The quantitative estimate of drug-likeness (QED) is 0.510. The zero-order valence-electron chi connectivity index (χ0n) is 7.39. The summed E-state index contributed by atoms with van der Waals surface area (Å²) in [5, 5.41) is 9.43. The third kappa shape index (κ3) is 2.74. The van der Waals surface area contributed by atoms with E-state index in [0.717, 1.165) is 0 Å². The summed E-state index contributed by atoms with van der Waals surface area (Å²) in [4.78, 5) is 0. The molecule has 76 valence electrons. The van der Waals surface area contributed by atoms with E-state index in [4.69, 9.17) is 22.5 Å². The van der Waals surface area contributed by atoms with Crippen LogP contribution in [0, 0.1) is 0 Å². The highest BCUT2D eigenvalue weighted by Crippen LogP contribution is 2.55. The molecule has 0 aromatic carbocycles. The number of pyridine rings is 1. The predicted octanol–water partition coefficient (Wildman–Crippen LogP) is 3.05. The van der Waals surface area contributed by atoms with Crippen molar-refractivity contribution in [2.45, 2.75) is 0 Å². The summed E-state index contributed by atoms with van der Waals surface area (Å²) in [7, 11) is 1.35. The van der Waals surface area contributed by atoms with Gasteiger partial charge in [0.25, 0.3) is 0 Å². The molecule has 6 heteroatoms. The van der Waals surface area contributed by atoms with Crippen molar-refractivity contribution in [1.29, 1.82) is 0 Å². The van der Waals surface area contributed by atoms with Gasteiger partial charge in [-0.15, -0.1) is 0 Å². The molecule has 1 aromatic rings. The van der Waals surface area contributed by atoms with Gasteiger partial charge in [0.1, 0.15) is 0 Å². The molecule has 1 aromatic heterocycles. The topological polar surface area (TPSA) is 33.3 Å². The van der Waals surface area contributed by atoms with Crippen molar-refractivity contribution in [2.75, 3.05) is 7.11 Å². The number of methoxy groups -OCH3 is 1. The van der Waals surface area contributed by atoms with Gasteiger partial charge in [-0.3, -0.25) is 0 Å². The van der Waals surface area contributed by atoms with E-state index in [1.807, 2.05) is 6.07 Å². The molecule has 0 fully saturated rings. The van der Waals surface area contributed by atoms with Crippen LogP contribution in [-0.2, 0) is 4.74 Å². The largest absolute Gasteiger partial charge is 0.476 e. The minimum absolute atomic E-state index is 0.266. The molecule has 1 N–H and O–H groups in total. The van der Waals surface area contributed by atoms with Gasteiger partial charge >= 0.3 is 11.4 Å². The van der Waals surface area contributed by atoms with E-state index in [2.05, 4.69) is 4.74 Å². The summed E-state index contributed by atoms with van der Waals surface area (Å²) in [5.41, 5.74) is 0.353. The third-order valence-electron chi connectivity index (χ3n) is 1.50. The zero-order valence-corrected chi connectivity index (χ0v) is 9.80. The smallest absolute Gasteiger partial charge is 0.355 e. The van der Waals surface area contributed by atoms with Crippen molar-refractivity contribution in [2.24, 2.45) is 0 Å². The predicted molar refractivity (Wildman–Crippen MR) is 58.1 cm³/mol. The van der Waals surface area contributed by atoms with Crippen LogP contribution in [0.5, 0.6) is 0 Å². The van der Waals surface area contributed by atoms with Crippen LogP contribution in [-0.4, -0.2) is 12.2 Å². The molecule has 0 saturated carbocycles. The van der Waals surface area contributed by atoms with Crippen LogP contribution in [0.4, 0.5) is 0 Å². The number of rotatable bonds is 3. The first kappa shape index (κ1) is 11.6. The van der Waals surface area contributed by atoms with E-state index in [-0.39, 0.29) is 5.95 Å². The summed E-state index contributed by atoms with van der Waals surface area (Å²) >= 11 is 11.5. The molecular formula is C8H9Cl2NO2P+. The Labute approximate surface area is 92.9 Å². The second kappa shape index (κ2) is 5.40. The number of aliphatic hydroxyl groups is 1. The molecule has 0 saturated heterocycles. The molecule has 1 rings (SSSR count). The van der Waals surface area contributed by atoms with Crippen LogP contribution in [0.3, 0.4) is 0 Å². The maximum absolute atomic E-state index is 9.43. The lowest BCUT2D eigenvalue weighted by Gasteiger charge is -2.03.